The molecule has 0 N–H and O–H groups in total. The van der Waals surface area contributed by atoms with E-state index in [4.69, 9.17) is 11.6 Å². The molecule has 2 aromatic heterocycles. The van der Waals surface area contributed by atoms with Crippen LogP contribution in [0.1, 0.15) is 62.4 Å². The van der Waals surface area contributed by atoms with Gasteiger partial charge in [0, 0.05) is 12.2 Å². The minimum atomic E-state index is 0.464. The number of fused-ring (bicyclic) bond motifs is 1. The van der Waals surface area contributed by atoms with Crippen molar-refractivity contribution in [2.24, 2.45) is 0 Å². The monoisotopic (exact) mass is 291 g/mol. The lowest BCUT2D eigenvalue weighted by Gasteiger charge is -2.23. The molecule has 2 heterocycles. The van der Waals surface area contributed by atoms with Crippen molar-refractivity contribution in [2.45, 2.75) is 63.8 Å². The zero-order chi connectivity index (χ0) is 13.9. The summed E-state index contributed by atoms with van der Waals surface area (Å²) in [5.41, 5.74) is 3.15. The Balaban J connectivity index is 2.03. The highest BCUT2D eigenvalue weighted by atomic mass is 35.5. The average Bonchev–Trinajstić information content (AvgIpc) is 2.76. The Morgan fingerprint density at radius 3 is 2.60 bits per heavy atom. The first-order valence-electron chi connectivity index (χ1n) is 7.69. The normalized spacial score (nSPS) is 18.1. The maximum absolute atomic E-state index is 6.12. The van der Waals surface area contributed by atoms with E-state index in [0.717, 1.165) is 22.6 Å². The fourth-order valence-electron chi connectivity index (χ4n) is 3.30. The summed E-state index contributed by atoms with van der Waals surface area (Å²) < 4.78 is 2.31. The lowest BCUT2D eigenvalue weighted by molar-refractivity contribution is 0.372. The first-order chi connectivity index (χ1) is 9.79. The fourth-order valence-corrected chi connectivity index (χ4v) is 3.49. The number of rotatable bonds is 2. The minimum absolute atomic E-state index is 0.464. The Hall–Kier alpha value is -1.09. The van der Waals surface area contributed by atoms with Crippen LogP contribution >= 0.6 is 11.6 Å². The van der Waals surface area contributed by atoms with Gasteiger partial charge in [0.25, 0.3) is 0 Å². The largest absolute Gasteiger partial charge is 0.309 e. The molecule has 0 saturated heterocycles. The molecule has 3 rings (SSSR count). The average molecular weight is 292 g/mol. The van der Waals surface area contributed by atoms with Gasteiger partial charge >= 0.3 is 0 Å². The van der Waals surface area contributed by atoms with Crippen molar-refractivity contribution in [3.63, 3.8) is 0 Å². The molecule has 2 aromatic rings. The van der Waals surface area contributed by atoms with Crippen molar-refractivity contribution in [1.82, 2.24) is 14.5 Å². The highest BCUT2D eigenvalue weighted by molar-refractivity contribution is 6.16. The highest BCUT2D eigenvalue weighted by Gasteiger charge is 2.20. The minimum Gasteiger partial charge on any atom is -0.309 e. The van der Waals surface area contributed by atoms with Crippen LogP contribution in [0.2, 0.25) is 0 Å². The third kappa shape index (κ3) is 2.69. The molecule has 108 valence electrons. The van der Waals surface area contributed by atoms with Crippen LogP contribution in [0.5, 0.6) is 0 Å². The van der Waals surface area contributed by atoms with Gasteiger partial charge in [0.2, 0.25) is 0 Å². The molecule has 3 nitrogen and oxygen atoms in total. The predicted molar refractivity (Wildman–Crippen MR) is 83.2 cm³/mol. The van der Waals surface area contributed by atoms with Crippen LogP contribution in [0, 0.1) is 6.92 Å². The zero-order valence-electron chi connectivity index (χ0n) is 12.1. The maximum Gasteiger partial charge on any atom is 0.160 e. The summed E-state index contributed by atoms with van der Waals surface area (Å²) in [6.45, 7) is 2.06. The Labute approximate surface area is 125 Å². The van der Waals surface area contributed by atoms with Gasteiger partial charge < -0.3 is 4.57 Å². The Morgan fingerprint density at radius 1 is 1.20 bits per heavy atom. The van der Waals surface area contributed by atoms with Crippen molar-refractivity contribution in [1.29, 1.82) is 0 Å². The number of alkyl halides is 1. The first kappa shape index (κ1) is 13.9. The Kier molecular flexibility index (Phi) is 4.25. The van der Waals surface area contributed by atoms with Crippen LogP contribution in [0.3, 0.4) is 0 Å². The molecule has 0 radical (unpaired) electrons. The number of hydrogen-bond acceptors (Lipinski definition) is 2. The third-order valence-electron chi connectivity index (χ3n) is 4.30. The molecule has 1 fully saturated rings. The standard InChI is InChI=1S/C16H22ClN3/c1-12-9-14-16(18-11-12)20(15(10-17)19-14)13-7-5-3-2-4-6-8-13/h9,11,13H,2-8,10H2,1H3. The van der Waals surface area contributed by atoms with Gasteiger partial charge in [-0.3, -0.25) is 0 Å². The highest BCUT2D eigenvalue weighted by Crippen LogP contribution is 2.31. The Morgan fingerprint density at radius 2 is 1.90 bits per heavy atom. The predicted octanol–water partition coefficient (Wildman–Crippen LogP) is 4.76. The number of hydrogen-bond donors (Lipinski definition) is 0. The number of pyridine rings is 1. The number of halogens is 1. The molecule has 1 saturated carbocycles. The molecule has 20 heavy (non-hydrogen) atoms. The lowest BCUT2D eigenvalue weighted by atomic mass is 9.96. The number of aromatic nitrogens is 3. The summed E-state index contributed by atoms with van der Waals surface area (Å²) in [6, 6.07) is 2.63. The maximum atomic E-state index is 6.12. The van der Waals surface area contributed by atoms with Gasteiger partial charge in [-0.05, 0) is 31.4 Å². The van der Waals surface area contributed by atoms with Gasteiger partial charge in [0.15, 0.2) is 5.65 Å². The van der Waals surface area contributed by atoms with Crippen molar-refractivity contribution < 1.29 is 0 Å². The van der Waals surface area contributed by atoms with Gasteiger partial charge in [-0.2, -0.15) is 0 Å². The summed E-state index contributed by atoms with van der Waals surface area (Å²) >= 11 is 6.12. The van der Waals surface area contributed by atoms with E-state index in [9.17, 15) is 0 Å². The molecule has 0 amide bonds. The van der Waals surface area contributed by atoms with E-state index >= 15 is 0 Å². The zero-order valence-corrected chi connectivity index (χ0v) is 12.9. The first-order valence-corrected chi connectivity index (χ1v) is 8.22. The molecule has 1 aliphatic rings. The summed E-state index contributed by atoms with van der Waals surface area (Å²) in [4.78, 5) is 9.31. The Bertz CT molecular complexity index is 583. The van der Waals surface area contributed by atoms with E-state index in [1.54, 1.807) is 0 Å². The summed E-state index contributed by atoms with van der Waals surface area (Å²) in [5, 5.41) is 0. The van der Waals surface area contributed by atoms with Crippen LogP contribution < -0.4 is 0 Å². The molecule has 4 heteroatoms. The van der Waals surface area contributed by atoms with Crippen LogP contribution in [-0.4, -0.2) is 14.5 Å². The number of imidazole rings is 1. The fraction of sp³-hybridized carbons (Fsp3) is 0.625. The second-order valence-electron chi connectivity index (χ2n) is 5.89. The van der Waals surface area contributed by atoms with Crippen molar-refractivity contribution in [2.75, 3.05) is 0 Å². The van der Waals surface area contributed by atoms with Crippen LogP contribution in [0.4, 0.5) is 0 Å². The van der Waals surface area contributed by atoms with E-state index in [1.165, 1.54) is 44.9 Å². The van der Waals surface area contributed by atoms with E-state index in [2.05, 4.69) is 27.5 Å². The van der Waals surface area contributed by atoms with Gasteiger partial charge in [0.05, 0.1) is 5.88 Å². The molecular weight excluding hydrogens is 270 g/mol. The third-order valence-corrected chi connectivity index (χ3v) is 4.54. The smallest absolute Gasteiger partial charge is 0.160 e. The molecular formula is C16H22ClN3. The van der Waals surface area contributed by atoms with E-state index in [1.807, 2.05) is 6.20 Å². The van der Waals surface area contributed by atoms with Crippen molar-refractivity contribution in [3.8, 4) is 0 Å². The second kappa shape index (κ2) is 6.13. The van der Waals surface area contributed by atoms with E-state index in [0.29, 0.717) is 11.9 Å². The van der Waals surface area contributed by atoms with Gasteiger partial charge in [-0.1, -0.05) is 32.1 Å². The second-order valence-corrected chi connectivity index (χ2v) is 6.15. The van der Waals surface area contributed by atoms with Crippen LogP contribution in [0.25, 0.3) is 11.2 Å². The topological polar surface area (TPSA) is 30.7 Å². The van der Waals surface area contributed by atoms with Crippen molar-refractivity contribution >= 4 is 22.8 Å². The summed E-state index contributed by atoms with van der Waals surface area (Å²) in [5.74, 6) is 1.44. The summed E-state index contributed by atoms with van der Waals surface area (Å²) in [6.07, 6.45) is 11.1. The molecule has 0 atom stereocenters. The molecule has 0 spiro atoms. The van der Waals surface area contributed by atoms with Gasteiger partial charge in [0.1, 0.15) is 11.3 Å². The number of aryl methyl sites for hydroxylation is 1. The van der Waals surface area contributed by atoms with Gasteiger partial charge in [-0.15, -0.1) is 11.6 Å². The SMILES string of the molecule is Cc1cnc2c(c1)nc(CCl)n2C1CCCCCCC1. The molecule has 0 unspecified atom stereocenters. The van der Waals surface area contributed by atoms with Crippen LogP contribution in [-0.2, 0) is 5.88 Å². The van der Waals surface area contributed by atoms with Crippen LogP contribution in [0.15, 0.2) is 12.3 Å². The van der Waals surface area contributed by atoms with E-state index in [-0.39, 0.29) is 0 Å². The molecule has 0 bridgehead atoms. The number of nitrogens with zero attached hydrogens (tertiary/aromatic N) is 3. The lowest BCUT2D eigenvalue weighted by Crippen LogP contribution is -2.14. The molecule has 0 aliphatic heterocycles. The van der Waals surface area contributed by atoms with E-state index < -0.39 is 0 Å². The van der Waals surface area contributed by atoms with Crippen molar-refractivity contribution in [3.05, 3.63) is 23.7 Å². The van der Waals surface area contributed by atoms with Gasteiger partial charge in [-0.25, -0.2) is 9.97 Å². The molecule has 0 aromatic carbocycles. The summed E-state index contributed by atoms with van der Waals surface area (Å²) in [7, 11) is 0. The molecule has 1 aliphatic carbocycles. The quantitative estimate of drug-likeness (QED) is 0.747.